The lowest BCUT2D eigenvalue weighted by atomic mass is 10.2. The van der Waals surface area contributed by atoms with E-state index >= 15 is 0 Å². The van der Waals surface area contributed by atoms with Gasteiger partial charge in [0, 0.05) is 14.0 Å². The van der Waals surface area contributed by atoms with Crippen LogP contribution >= 0.6 is 33.9 Å². The van der Waals surface area contributed by atoms with E-state index in [0.717, 1.165) is 14.2 Å². The smallest absolute Gasteiger partial charge is 0.254 e. The van der Waals surface area contributed by atoms with Gasteiger partial charge in [-0.2, -0.15) is 0 Å². The minimum Gasteiger partial charge on any atom is -0.467 e. The van der Waals surface area contributed by atoms with Crippen molar-refractivity contribution in [3.63, 3.8) is 0 Å². The maximum atomic E-state index is 12.8. The van der Waals surface area contributed by atoms with Crippen molar-refractivity contribution in [2.45, 2.75) is 13.1 Å². The average Bonchev–Trinajstić information content (AvgIpc) is 3.19. The normalized spacial score (nSPS) is 10.6. The van der Waals surface area contributed by atoms with Gasteiger partial charge in [-0.1, -0.05) is 12.1 Å². The molecule has 1 aromatic carbocycles. The van der Waals surface area contributed by atoms with Crippen molar-refractivity contribution in [3.8, 4) is 0 Å². The topological polar surface area (TPSA) is 33.5 Å². The number of furan rings is 1. The largest absolute Gasteiger partial charge is 0.467 e. The van der Waals surface area contributed by atoms with E-state index in [0.29, 0.717) is 18.7 Å². The number of thiophene rings is 1. The summed E-state index contributed by atoms with van der Waals surface area (Å²) < 4.78 is 6.45. The molecule has 2 aromatic heterocycles. The number of hydrogen-bond donors (Lipinski definition) is 0. The van der Waals surface area contributed by atoms with Crippen LogP contribution in [0.2, 0.25) is 0 Å². The van der Waals surface area contributed by atoms with E-state index in [1.165, 1.54) is 0 Å². The van der Waals surface area contributed by atoms with Gasteiger partial charge in [0.25, 0.3) is 5.91 Å². The molecular weight excluding hydrogens is 409 g/mol. The molecule has 3 nitrogen and oxygen atoms in total. The van der Waals surface area contributed by atoms with Crippen molar-refractivity contribution < 1.29 is 9.21 Å². The molecule has 0 aliphatic carbocycles. The van der Waals surface area contributed by atoms with Gasteiger partial charge in [-0.25, -0.2) is 0 Å². The highest BCUT2D eigenvalue weighted by molar-refractivity contribution is 14.1. The molecule has 0 saturated carbocycles. The summed E-state index contributed by atoms with van der Waals surface area (Å²) in [5.41, 5.74) is 0.704. The van der Waals surface area contributed by atoms with Crippen LogP contribution in [0.25, 0.3) is 0 Å². The van der Waals surface area contributed by atoms with Crippen LogP contribution < -0.4 is 0 Å². The molecule has 0 aliphatic rings. The van der Waals surface area contributed by atoms with Gasteiger partial charge in [0.15, 0.2) is 0 Å². The van der Waals surface area contributed by atoms with E-state index in [2.05, 4.69) is 22.6 Å². The van der Waals surface area contributed by atoms with Gasteiger partial charge in [0.2, 0.25) is 0 Å². The van der Waals surface area contributed by atoms with E-state index in [4.69, 9.17) is 4.42 Å². The first-order valence-electron chi connectivity index (χ1n) is 6.82. The summed E-state index contributed by atoms with van der Waals surface area (Å²) in [6, 6.07) is 15.4. The number of carbonyl (C=O) groups is 1. The van der Waals surface area contributed by atoms with Gasteiger partial charge in [-0.05, 0) is 64.4 Å². The number of amides is 1. The Morgan fingerprint density at radius 3 is 2.73 bits per heavy atom. The highest BCUT2D eigenvalue weighted by atomic mass is 127. The van der Waals surface area contributed by atoms with Crippen molar-refractivity contribution in [3.05, 3.63) is 79.9 Å². The second kappa shape index (κ2) is 7.11. The van der Waals surface area contributed by atoms with Gasteiger partial charge in [-0.15, -0.1) is 11.3 Å². The van der Waals surface area contributed by atoms with E-state index in [1.54, 1.807) is 17.6 Å². The molecule has 0 fully saturated rings. The number of nitrogens with zero attached hydrogens (tertiary/aromatic N) is 1. The quantitative estimate of drug-likeness (QED) is 0.553. The monoisotopic (exact) mass is 423 g/mol. The molecular formula is C17H14INO2S. The fourth-order valence-corrected chi connectivity index (χ4v) is 3.45. The Labute approximate surface area is 146 Å². The minimum absolute atomic E-state index is 0.0170. The summed E-state index contributed by atoms with van der Waals surface area (Å²) >= 11 is 3.87. The maximum Gasteiger partial charge on any atom is 0.254 e. The van der Waals surface area contributed by atoms with Gasteiger partial charge in [0.05, 0.1) is 19.4 Å². The number of hydrogen-bond acceptors (Lipinski definition) is 3. The van der Waals surface area contributed by atoms with Crippen molar-refractivity contribution in [1.82, 2.24) is 4.90 Å². The molecule has 0 unspecified atom stereocenters. The molecule has 0 bridgehead atoms. The van der Waals surface area contributed by atoms with Crippen molar-refractivity contribution >= 4 is 39.8 Å². The Balaban J connectivity index is 1.85. The third-order valence-corrected chi connectivity index (χ3v) is 4.74. The van der Waals surface area contributed by atoms with Gasteiger partial charge >= 0.3 is 0 Å². The van der Waals surface area contributed by atoms with Crippen LogP contribution in [0.4, 0.5) is 0 Å². The summed E-state index contributed by atoms with van der Waals surface area (Å²) in [4.78, 5) is 15.8. The lowest BCUT2D eigenvalue weighted by Gasteiger charge is -2.21. The fraction of sp³-hybridized carbons (Fsp3) is 0.118. The van der Waals surface area contributed by atoms with E-state index in [1.807, 2.05) is 58.8 Å². The average molecular weight is 423 g/mol. The standard InChI is InChI=1S/C17H14INO2S/c18-14-5-1-4-13(10-14)17(20)19(11-15-6-2-8-21-15)12-16-7-3-9-22-16/h1-10H,11-12H2. The van der Waals surface area contributed by atoms with Crippen molar-refractivity contribution in [2.24, 2.45) is 0 Å². The molecule has 112 valence electrons. The fourth-order valence-electron chi connectivity index (χ4n) is 2.18. The van der Waals surface area contributed by atoms with Gasteiger partial charge in [-0.3, -0.25) is 4.79 Å². The van der Waals surface area contributed by atoms with Crippen LogP contribution in [0.15, 0.2) is 64.6 Å². The summed E-state index contributed by atoms with van der Waals surface area (Å²) in [5, 5.41) is 2.02. The van der Waals surface area contributed by atoms with E-state index in [9.17, 15) is 4.79 Å². The SMILES string of the molecule is O=C(c1cccc(I)c1)N(Cc1ccco1)Cc1cccs1. The number of halogens is 1. The molecule has 0 N–H and O–H groups in total. The highest BCUT2D eigenvalue weighted by Gasteiger charge is 2.18. The minimum atomic E-state index is 0.0170. The number of rotatable bonds is 5. The Morgan fingerprint density at radius 2 is 2.05 bits per heavy atom. The number of carbonyl (C=O) groups excluding carboxylic acids is 1. The second-order valence-electron chi connectivity index (χ2n) is 4.83. The molecule has 3 aromatic rings. The Kier molecular flexibility index (Phi) is 4.94. The third-order valence-electron chi connectivity index (χ3n) is 3.21. The van der Waals surface area contributed by atoms with Crippen LogP contribution in [-0.2, 0) is 13.1 Å². The zero-order valence-electron chi connectivity index (χ0n) is 11.7. The zero-order valence-corrected chi connectivity index (χ0v) is 14.7. The Hall–Kier alpha value is -1.60. The molecule has 0 radical (unpaired) electrons. The van der Waals surface area contributed by atoms with Crippen LogP contribution in [0.5, 0.6) is 0 Å². The molecule has 1 amide bonds. The van der Waals surface area contributed by atoms with Crippen LogP contribution in [0.1, 0.15) is 21.0 Å². The Morgan fingerprint density at radius 1 is 1.14 bits per heavy atom. The molecule has 0 atom stereocenters. The zero-order chi connectivity index (χ0) is 15.4. The second-order valence-corrected chi connectivity index (χ2v) is 7.11. The first-order chi connectivity index (χ1) is 10.7. The lowest BCUT2D eigenvalue weighted by molar-refractivity contribution is 0.0719. The van der Waals surface area contributed by atoms with Crippen LogP contribution in [-0.4, -0.2) is 10.8 Å². The summed E-state index contributed by atoms with van der Waals surface area (Å²) in [6.07, 6.45) is 1.63. The van der Waals surface area contributed by atoms with Crippen molar-refractivity contribution in [2.75, 3.05) is 0 Å². The van der Waals surface area contributed by atoms with Gasteiger partial charge < -0.3 is 9.32 Å². The molecule has 5 heteroatoms. The maximum absolute atomic E-state index is 12.8. The van der Waals surface area contributed by atoms with Crippen molar-refractivity contribution in [1.29, 1.82) is 0 Å². The van der Waals surface area contributed by atoms with Crippen LogP contribution in [0, 0.1) is 3.57 Å². The summed E-state index contributed by atoms with van der Waals surface area (Å²) in [7, 11) is 0. The van der Waals surface area contributed by atoms with E-state index < -0.39 is 0 Å². The summed E-state index contributed by atoms with van der Waals surface area (Å²) in [6.45, 7) is 1.05. The Bertz CT molecular complexity index is 702. The first kappa shape index (κ1) is 15.3. The lowest BCUT2D eigenvalue weighted by Crippen LogP contribution is -2.29. The molecule has 22 heavy (non-hydrogen) atoms. The van der Waals surface area contributed by atoms with Gasteiger partial charge in [0.1, 0.15) is 5.76 Å². The first-order valence-corrected chi connectivity index (χ1v) is 8.78. The molecule has 0 aliphatic heterocycles. The predicted molar refractivity (Wildman–Crippen MR) is 95.8 cm³/mol. The molecule has 3 rings (SSSR count). The molecule has 0 spiro atoms. The molecule has 2 heterocycles. The molecule has 0 saturated heterocycles. The third kappa shape index (κ3) is 3.78. The van der Waals surface area contributed by atoms with E-state index in [-0.39, 0.29) is 5.91 Å². The van der Waals surface area contributed by atoms with Crippen LogP contribution in [0.3, 0.4) is 0 Å². The highest BCUT2D eigenvalue weighted by Crippen LogP contribution is 2.18. The number of benzene rings is 1. The summed E-state index contributed by atoms with van der Waals surface area (Å²) in [5.74, 6) is 0.804. The predicted octanol–water partition coefficient (Wildman–Crippen LogP) is 4.79.